The van der Waals surface area contributed by atoms with E-state index in [1.54, 1.807) is 11.3 Å². The van der Waals surface area contributed by atoms with E-state index in [2.05, 4.69) is 11.8 Å². The molecule has 37 heavy (non-hydrogen) atoms. The van der Waals surface area contributed by atoms with Gasteiger partial charge in [0.25, 0.3) is 0 Å². The summed E-state index contributed by atoms with van der Waals surface area (Å²) in [6.45, 7) is 1.18. The van der Waals surface area contributed by atoms with Crippen LogP contribution in [0.5, 0.6) is 0 Å². The van der Waals surface area contributed by atoms with E-state index >= 15 is 0 Å². The molecule has 2 unspecified atom stereocenters. The second-order valence-electron chi connectivity index (χ2n) is 10.9. The lowest BCUT2D eigenvalue weighted by Crippen LogP contribution is -2.37. The van der Waals surface area contributed by atoms with Crippen LogP contribution >= 0.6 is 22.9 Å². The number of esters is 1. The van der Waals surface area contributed by atoms with E-state index < -0.39 is 12.2 Å². The molecular formula is C29H39ClNO5S+. The average Bonchev–Trinajstić information content (AvgIpc) is 3.28. The minimum atomic E-state index is -0.694. The van der Waals surface area contributed by atoms with Crippen LogP contribution in [0.2, 0.25) is 5.02 Å². The van der Waals surface area contributed by atoms with Gasteiger partial charge < -0.3 is 19.4 Å². The summed E-state index contributed by atoms with van der Waals surface area (Å²) in [5.74, 6) is 5.45. The van der Waals surface area contributed by atoms with Gasteiger partial charge in [0.15, 0.2) is 0 Å². The monoisotopic (exact) mass is 548 g/mol. The van der Waals surface area contributed by atoms with Crippen molar-refractivity contribution in [3.63, 3.8) is 0 Å². The van der Waals surface area contributed by atoms with E-state index in [4.69, 9.17) is 16.3 Å². The van der Waals surface area contributed by atoms with Crippen molar-refractivity contribution in [3.05, 3.63) is 34.2 Å². The summed E-state index contributed by atoms with van der Waals surface area (Å²) in [6, 6.07) is 7.92. The number of thiophene rings is 1. The van der Waals surface area contributed by atoms with Crippen LogP contribution in [-0.2, 0) is 20.7 Å². The lowest BCUT2D eigenvalue weighted by molar-refractivity contribution is -0.870. The summed E-state index contributed by atoms with van der Waals surface area (Å²) >= 11 is 8.11. The number of benzene rings is 1. The topological polar surface area (TPSA) is 83.8 Å². The zero-order valence-electron chi connectivity index (χ0n) is 22.0. The first-order valence-electron chi connectivity index (χ1n) is 13.0. The number of hydrogen-bond donors (Lipinski definition) is 2. The molecular weight excluding hydrogens is 510 g/mol. The fourth-order valence-corrected chi connectivity index (χ4v) is 6.25. The zero-order chi connectivity index (χ0) is 27.0. The first kappa shape index (κ1) is 29.6. The van der Waals surface area contributed by atoms with Gasteiger partial charge in [-0.15, -0.1) is 23.2 Å². The summed E-state index contributed by atoms with van der Waals surface area (Å²) in [4.78, 5) is 25.3. The minimum absolute atomic E-state index is 0.0367. The second kappa shape index (κ2) is 13.7. The molecule has 2 aromatic rings. The number of unbranched alkanes of at least 4 members (excludes halogenated alkanes) is 1. The molecule has 0 spiro atoms. The highest BCUT2D eigenvalue weighted by Gasteiger charge is 2.40. The molecule has 1 aliphatic rings. The third kappa shape index (κ3) is 9.08. The van der Waals surface area contributed by atoms with Crippen LogP contribution in [0.15, 0.2) is 24.3 Å². The lowest BCUT2D eigenvalue weighted by atomic mass is 9.86. The fourth-order valence-electron chi connectivity index (χ4n) is 4.67. The molecule has 0 amide bonds. The summed E-state index contributed by atoms with van der Waals surface area (Å²) in [7, 11) is 6.15. The highest BCUT2D eigenvalue weighted by Crippen LogP contribution is 2.38. The number of quaternary nitrogens is 1. The molecule has 2 N–H and O–H groups in total. The number of hydrogen-bond acceptors (Lipinski definition) is 6. The Morgan fingerprint density at radius 1 is 1.27 bits per heavy atom. The Kier molecular flexibility index (Phi) is 11.0. The van der Waals surface area contributed by atoms with Crippen molar-refractivity contribution >= 4 is 44.8 Å². The van der Waals surface area contributed by atoms with E-state index in [9.17, 15) is 19.8 Å². The van der Waals surface area contributed by atoms with E-state index in [0.29, 0.717) is 56.6 Å². The van der Waals surface area contributed by atoms with E-state index in [-0.39, 0.29) is 30.0 Å². The molecule has 202 valence electrons. The highest BCUT2D eigenvalue weighted by atomic mass is 35.5. The van der Waals surface area contributed by atoms with Gasteiger partial charge in [-0.2, -0.15) is 0 Å². The molecule has 8 heteroatoms. The summed E-state index contributed by atoms with van der Waals surface area (Å²) < 4.78 is 7.09. The number of fused-ring (bicyclic) bond motifs is 1. The first-order chi connectivity index (χ1) is 17.5. The summed E-state index contributed by atoms with van der Waals surface area (Å²) in [6.07, 6.45) is 2.26. The Balaban J connectivity index is 1.41. The van der Waals surface area contributed by atoms with Crippen molar-refractivity contribution in [2.24, 2.45) is 11.8 Å². The minimum Gasteiger partial charge on any atom is -0.460 e. The molecule has 0 saturated heterocycles. The van der Waals surface area contributed by atoms with E-state index in [0.717, 1.165) is 26.0 Å². The maximum atomic E-state index is 12.5. The number of halogens is 1. The van der Waals surface area contributed by atoms with Crippen LogP contribution in [0.3, 0.4) is 0 Å². The third-order valence-corrected chi connectivity index (χ3v) is 8.58. The van der Waals surface area contributed by atoms with Crippen molar-refractivity contribution in [2.45, 2.75) is 63.6 Å². The molecule has 0 aliphatic heterocycles. The molecule has 1 fully saturated rings. The molecule has 0 radical (unpaired) electrons. The number of nitrogens with zero attached hydrogens (tertiary/aromatic N) is 1. The van der Waals surface area contributed by atoms with Gasteiger partial charge in [0.05, 0.1) is 38.4 Å². The number of Topliss-reactive ketones (excluding diaryl/α,β-unsaturated/α-hetero) is 1. The van der Waals surface area contributed by atoms with Gasteiger partial charge in [0.2, 0.25) is 0 Å². The average molecular weight is 549 g/mol. The van der Waals surface area contributed by atoms with Gasteiger partial charge in [0, 0.05) is 53.0 Å². The van der Waals surface area contributed by atoms with E-state index in [1.807, 2.05) is 45.4 Å². The summed E-state index contributed by atoms with van der Waals surface area (Å²) in [5, 5.41) is 22.8. The van der Waals surface area contributed by atoms with Gasteiger partial charge >= 0.3 is 5.97 Å². The maximum Gasteiger partial charge on any atom is 0.306 e. The number of aliphatic hydroxyl groups excluding tert-OH is 2. The molecule has 1 saturated carbocycles. The Morgan fingerprint density at radius 2 is 2.03 bits per heavy atom. The van der Waals surface area contributed by atoms with Crippen LogP contribution in [0.4, 0.5) is 0 Å². The van der Waals surface area contributed by atoms with Crippen LogP contribution in [0.25, 0.3) is 10.1 Å². The summed E-state index contributed by atoms with van der Waals surface area (Å²) in [5.41, 5.74) is 0. The van der Waals surface area contributed by atoms with Crippen molar-refractivity contribution in [3.8, 4) is 11.8 Å². The number of rotatable bonds is 12. The number of ketones is 1. The SMILES string of the molecule is C[N+](C)(C)CCOC(=O)CCCC#CC[C@H]1C(=O)CC(O)[C@@H]1CCC(O)Cc1sc2ccccc2c1Cl. The number of likely N-dealkylation sites (N-methyl/N-ethyl adjacent to an activating group) is 1. The number of aliphatic hydroxyl groups is 2. The number of carbonyl (C=O) groups excluding carboxylic acids is 2. The van der Waals surface area contributed by atoms with Crippen LogP contribution in [0, 0.1) is 23.7 Å². The Bertz CT molecular complexity index is 1130. The standard InChI is InChI=1S/C29H39ClNO5S/c1-31(2,3)16-17-36-28(35)13-7-5-4-6-10-21-22(25(34)19-24(21)33)15-14-20(32)18-27-29(30)23-11-8-9-12-26(23)37-27/h8-9,11-12,20-22,25,32,34H,5,7,10,13-19H2,1-3H3/q+1/t20?,21-,22-,25?/m1/s1. The van der Waals surface area contributed by atoms with Gasteiger partial charge in [-0.1, -0.05) is 29.8 Å². The first-order valence-corrected chi connectivity index (χ1v) is 14.2. The maximum absolute atomic E-state index is 12.5. The second-order valence-corrected chi connectivity index (χ2v) is 12.4. The van der Waals surface area contributed by atoms with Gasteiger partial charge in [-0.3, -0.25) is 9.59 Å². The molecule has 1 aliphatic carbocycles. The molecule has 1 aromatic heterocycles. The molecule has 3 rings (SSSR count). The zero-order valence-corrected chi connectivity index (χ0v) is 23.6. The third-order valence-electron chi connectivity index (χ3n) is 6.85. The Labute approximate surface area is 229 Å². The normalized spacial score (nSPS) is 20.6. The molecule has 4 atom stereocenters. The molecule has 0 bridgehead atoms. The quantitative estimate of drug-likeness (QED) is 0.175. The van der Waals surface area contributed by atoms with Crippen LogP contribution in [-0.4, -0.2) is 73.0 Å². The van der Waals surface area contributed by atoms with E-state index in [1.165, 1.54) is 0 Å². The Hall–Kier alpha value is -1.95. The number of ether oxygens (including phenoxy) is 1. The molecule has 6 nitrogen and oxygen atoms in total. The number of carbonyl (C=O) groups is 2. The lowest BCUT2D eigenvalue weighted by Gasteiger charge is -2.23. The van der Waals surface area contributed by atoms with Crippen LogP contribution in [0.1, 0.15) is 49.8 Å². The molecule has 1 heterocycles. The predicted molar refractivity (Wildman–Crippen MR) is 148 cm³/mol. The fraction of sp³-hybridized carbons (Fsp3) is 0.586. The van der Waals surface area contributed by atoms with Crippen molar-refractivity contribution in [1.82, 2.24) is 0 Å². The van der Waals surface area contributed by atoms with Crippen LogP contribution < -0.4 is 0 Å². The van der Waals surface area contributed by atoms with Gasteiger partial charge in [-0.05, 0) is 31.2 Å². The molecule has 1 aromatic carbocycles. The van der Waals surface area contributed by atoms with Crippen molar-refractivity contribution in [1.29, 1.82) is 0 Å². The largest absolute Gasteiger partial charge is 0.460 e. The smallest absolute Gasteiger partial charge is 0.306 e. The highest BCUT2D eigenvalue weighted by molar-refractivity contribution is 7.19. The van der Waals surface area contributed by atoms with Crippen molar-refractivity contribution < 1.29 is 29.0 Å². The predicted octanol–water partition coefficient (Wildman–Crippen LogP) is 4.62. The van der Waals surface area contributed by atoms with Crippen molar-refractivity contribution in [2.75, 3.05) is 34.3 Å². The Morgan fingerprint density at radius 3 is 2.76 bits per heavy atom. The van der Waals surface area contributed by atoms with Gasteiger partial charge in [0.1, 0.15) is 18.9 Å². The van der Waals surface area contributed by atoms with Gasteiger partial charge in [-0.25, -0.2) is 0 Å².